The third-order valence-electron chi connectivity index (χ3n) is 12.4. The highest BCUT2D eigenvalue weighted by Crippen LogP contribution is 2.49. The Hall–Kier alpha value is -5.57. The van der Waals surface area contributed by atoms with Crippen molar-refractivity contribution in [3.05, 3.63) is 107 Å². The summed E-state index contributed by atoms with van der Waals surface area (Å²) in [5, 5.41) is 1.49. The number of hydrogen-bond donors (Lipinski definition) is 1. The summed E-state index contributed by atoms with van der Waals surface area (Å²) in [6, 6.07) is 20.8. The first kappa shape index (κ1) is 54.8. The minimum atomic E-state index is -4.48. The van der Waals surface area contributed by atoms with Gasteiger partial charge >= 0.3 is 5.97 Å². The molecule has 1 saturated heterocycles. The summed E-state index contributed by atoms with van der Waals surface area (Å²) in [6.07, 6.45) is 7.93. The summed E-state index contributed by atoms with van der Waals surface area (Å²) in [5.41, 5.74) is 5.46. The predicted molar refractivity (Wildman–Crippen MR) is 267 cm³/mol. The van der Waals surface area contributed by atoms with Crippen LogP contribution in [0.25, 0.3) is 28.7 Å². The van der Waals surface area contributed by atoms with Crippen LogP contribution in [-0.2, 0) is 63.2 Å². The summed E-state index contributed by atoms with van der Waals surface area (Å²) in [5.74, 6) is -0.289. The number of anilines is 1. The molecule has 0 unspecified atom stereocenters. The molecule has 71 heavy (non-hydrogen) atoms. The van der Waals surface area contributed by atoms with Crippen LogP contribution >= 0.6 is 0 Å². The zero-order chi connectivity index (χ0) is 50.8. The fourth-order valence-electron chi connectivity index (χ4n) is 8.57. The van der Waals surface area contributed by atoms with Crippen molar-refractivity contribution < 1.29 is 65.0 Å². The number of carbonyl (C=O) groups is 3. The van der Waals surface area contributed by atoms with Crippen molar-refractivity contribution in [1.29, 1.82) is 0 Å². The number of amides is 2. The summed E-state index contributed by atoms with van der Waals surface area (Å²) < 4.78 is 76.9. The largest absolute Gasteiger partial charge is 0.456 e. The molecule has 2 aromatic rings. The van der Waals surface area contributed by atoms with Crippen LogP contribution in [0, 0.1) is 6.92 Å². The van der Waals surface area contributed by atoms with Crippen LogP contribution in [0.1, 0.15) is 69.1 Å². The molecule has 1 N–H and O–H groups in total. The van der Waals surface area contributed by atoms with E-state index in [0.717, 1.165) is 50.3 Å². The van der Waals surface area contributed by atoms with Gasteiger partial charge in [0.15, 0.2) is 13.1 Å². The maximum Gasteiger partial charge on any atom is 0.333 e. The maximum atomic E-state index is 12.5. The van der Waals surface area contributed by atoms with E-state index in [1.807, 2.05) is 63.3 Å². The molecule has 2 aromatic carbocycles. The summed E-state index contributed by atoms with van der Waals surface area (Å²) in [4.78, 5) is 43.3. The van der Waals surface area contributed by atoms with Crippen molar-refractivity contribution >= 4 is 39.7 Å². The van der Waals surface area contributed by atoms with Gasteiger partial charge in [-0.25, -0.2) is 9.37 Å². The molecular weight excluding hydrogens is 935 g/mol. The smallest absolute Gasteiger partial charge is 0.333 e. The average molecular weight is 1000 g/mol. The zero-order valence-electron chi connectivity index (χ0n) is 41.5. The molecular formula is C53H68N3O14S+. The number of fused-ring (bicyclic) bond motifs is 2. The first-order chi connectivity index (χ1) is 34.2. The van der Waals surface area contributed by atoms with Gasteiger partial charge in [0.25, 0.3) is 21.9 Å². The molecule has 2 amide bonds. The molecule has 0 radical (unpaired) electrons. The number of unbranched alkanes of at least 4 members (excludes halogenated alkanes) is 2. The average Bonchev–Trinajstić information content (AvgIpc) is 3.78. The van der Waals surface area contributed by atoms with Crippen LogP contribution in [0.15, 0.2) is 93.9 Å². The Morgan fingerprint density at radius 2 is 1.41 bits per heavy atom. The molecule has 0 atom stereocenters. The molecule has 18 heteroatoms. The molecule has 384 valence electrons. The summed E-state index contributed by atoms with van der Waals surface area (Å²) in [6.45, 7) is 12.6. The van der Waals surface area contributed by atoms with E-state index in [1.165, 1.54) is 12.1 Å². The van der Waals surface area contributed by atoms with Crippen molar-refractivity contribution in [2.45, 2.75) is 69.6 Å². The molecule has 4 aliphatic rings. The van der Waals surface area contributed by atoms with E-state index in [1.54, 1.807) is 20.3 Å². The van der Waals surface area contributed by atoms with Crippen LogP contribution in [0.3, 0.4) is 0 Å². The van der Waals surface area contributed by atoms with E-state index < -0.39 is 33.3 Å². The van der Waals surface area contributed by atoms with E-state index in [-0.39, 0.29) is 24.2 Å². The summed E-state index contributed by atoms with van der Waals surface area (Å²) >= 11 is 0. The Morgan fingerprint density at radius 3 is 2.03 bits per heavy atom. The van der Waals surface area contributed by atoms with Gasteiger partial charge in [-0.05, 0) is 61.2 Å². The van der Waals surface area contributed by atoms with Gasteiger partial charge in [-0.3, -0.25) is 14.1 Å². The number of nitrogens with zero attached hydrogens (tertiary/aromatic N) is 3. The molecule has 3 heterocycles. The quantitative estimate of drug-likeness (QED) is 0.0265. The second-order valence-electron chi connectivity index (χ2n) is 17.6. The van der Waals surface area contributed by atoms with Crippen molar-refractivity contribution in [1.82, 2.24) is 9.64 Å². The zero-order valence-corrected chi connectivity index (χ0v) is 42.3. The standard InChI is InChI=1S/C53H67N3O14S/c1-39-43(15-12-16-48-53(2,3)45-38-42(71(60,61)62)19-21-46(45)55(48)24-11-7-10-17-51(59)70-56-49(57)22-23-50(56)58)44-20-18-41(37-47(44)69-52(39)40-13-8-6-9-14-40)54(25-27-65-33-35-67-31-29-63-4)26-28-66-34-36-68-32-30-64-5/h6,8-9,12-16,18-21,37-38H,7,10-11,17,22-36H2,1-5H3/p+1. The lowest BCUT2D eigenvalue weighted by Gasteiger charge is -2.27. The number of carbonyl (C=O) groups excluding carboxylic acids is 3. The van der Waals surface area contributed by atoms with Crippen molar-refractivity contribution in [3.8, 4) is 22.6 Å². The molecule has 0 saturated carbocycles. The topological polar surface area (TPSA) is 193 Å². The van der Waals surface area contributed by atoms with Crippen molar-refractivity contribution in [2.24, 2.45) is 0 Å². The van der Waals surface area contributed by atoms with Crippen LogP contribution in [0.4, 0.5) is 5.69 Å². The molecule has 1 aliphatic carbocycles. The van der Waals surface area contributed by atoms with Gasteiger partial charge in [0.2, 0.25) is 5.36 Å². The van der Waals surface area contributed by atoms with Crippen LogP contribution in [0.2, 0.25) is 0 Å². The number of hydrogen-bond acceptors (Lipinski definition) is 14. The van der Waals surface area contributed by atoms with Gasteiger partial charge in [-0.1, -0.05) is 62.8 Å². The second-order valence-corrected chi connectivity index (χ2v) is 19.1. The van der Waals surface area contributed by atoms with Gasteiger partial charge < -0.3 is 42.6 Å². The Labute approximate surface area is 416 Å². The Balaban J connectivity index is 1.30. The lowest BCUT2D eigenvalue weighted by molar-refractivity contribution is -0.197. The number of methoxy groups -OCH3 is 2. The van der Waals surface area contributed by atoms with E-state index in [2.05, 4.69) is 33.8 Å². The Bertz CT molecular complexity index is 2610. The lowest BCUT2D eigenvalue weighted by Crippen LogP contribution is -2.36. The number of ether oxygens (including phenoxy) is 6. The highest BCUT2D eigenvalue weighted by Gasteiger charge is 2.40. The normalized spacial score (nSPS) is 15.2. The SMILES string of the molecule is COCCOCCOCC[N+](CCOCCOCCOC)=c1ccc2c(/C=C/C=C3\N(CCCCCC(=O)ON4C(=O)CCC4=O)c4ccc(S(=O)(=O)O)cc4C3(C)C)c(C)c(-c3ccccc3)oc-2c1. The van der Waals surface area contributed by atoms with E-state index in [4.69, 9.17) is 37.7 Å². The van der Waals surface area contributed by atoms with E-state index in [9.17, 15) is 27.4 Å². The molecule has 0 aromatic heterocycles. The molecule has 0 bridgehead atoms. The fourth-order valence-corrected chi connectivity index (χ4v) is 9.07. The van der Waals surface area contributed by atoms with Gasteiger partial charge in [-0.15, -0.1) is 5.06 Å². The van der Waals surface area contributed by atoms with Crippen molar-refractivity contribution in [2.75, 3.05) is 105 Å². The number of benzene rings is 3. The van der Waals surface area contributed by atoms with Gasteiger partial charge in [0, 0.05) is 79.6 Å². The maximum absolute atomic E-state index is 12.5. The predicted octanol–water partition coefficient (Wildman–Crippen LogP) is 6.60. The fraction of sp³-hybridized carbons (Fsp3) is 0.472. The van der Waals surface area contributed by atoms with Gasteiger partial charge in [0.1, 0.15) is 24.7 Å². The molecule has 1 fully saturated rings. The van der Waals surface area contributed by atoms with E-state index >= 15 is 0 Å². The number of rotatable bonds is 29. The molecule has 0 spiro atoms. The molecule has 6 rings (SSSR count). The summed E-state index contributed by atoms with van der Waals surface area (Å²) in [7, 11) is -1.20. The van der Waals surface area contributed by atoms with Crippen LogP contribution < -0.4 is 14.8 Å². The first-order valence-electron chi connectivity index (χ1n) is 24.1. The first-order valence-corrected chi connectivity index (χ1v) is 25.5. The Kier molecular flexibility index (Phi) is 20.6. The van der Waals surface area contributed by atoms with Gasteiger partial charge in [0.05, 0.1) is 63.8 Å². The van der Waals surface area contributed by atoms with Crippen LogP contribution in [0.5, 0.6) is 0 Å². The van der Waals surface area contributed by atoms with Crippen molar-refractivity contribution in [3.63, 3.8) is 0 Å². The lowest BCUT2D eigenvalue weighted by atomic mass is 9.83. The molecule has 3 aliphatic heterocycles. The number of imide groups is 1. The minimum Gasteiger partial charge on any atom is -0.456 e. The molecule has 17 nitrogen and oxygen atoms in total. The third-order valence-corrected chi connectivity index (χ3v) is 13.2. The highest BCUT2D eigenvalue weighted by molar-refractivity contribution is 7.85. The number of hydroxylamine groups is 2. The number of allylic oxidation sites excluding steroid dienone is 3. The third kappa shape index (κ3) is 15.0. The second kappa shape index (κ2) is 26.8. The van der Waals surface area contributed by atoms with Gasteiger partial charge in [-0.2, -0.15) is 8.42 Å². The minimum absolute atomic E-state index is 0.0261. The van der Waals surface area contributed by atoms with E-state index in [0.29, 0.717) is 116 Å². The highest BCUT2D eigenvalue weighted by atomic mass is 32.2. The van der Waals surface area contributed by atoms with Crippen LogP contribution in [-0.4, -0.2) is 136 Å². The monoisotopic (exact) mass is 1000 g/mol. The Morgan fingerprint density at radius 1 is 0.789 bits per heavy atom.